The first-order valence-electron chi connectivity index (χ1n) is 8.25. The number of hydrogen-bond donors (Lipinski definition) is 1. The number of methoxy groups -OCH3 is 1. The molecular formula is C20H19FN2O4. The van der Waals surface area contributed by atoms with Crippen molar-refractivity contribution in [3.05, 3.63) is 75.9 Å². The molecule has 0 aliphatic heterocycles. The summed E-state index contributed by atoms with van der Waals surface area (Å²) in [5, 5.41) is 0.713. The molecule has 0 radical (unpaired) electrons. The molecule has 140 valence electrons. The first kappa shape index (κ1) is 18.6. The average Bonchev–Trinajstić information content (AvgIpc) is 2.60. The lowest BCUT2D eigenvalue weighted by Gasteiger charge is -2.26. The van der Waals surface area contributed by atoms with Crippen molar-refractivity contribution in [2.24, 2.45) is 5.73 Å². The van der Waals surface area contributed by atoms with Gasteiger partial charge in [-0.1, -0.05) is 12.1 Å². The molecule has 7 heteroatoms. The van der Waals surface area contributed by atoms with Gasteiger partial charge in [-0.15, -0.1) is 0 Å². The van der Waals surface area contributed by atoms with E-state index < -0.39 is 23.4 Å². The van der Waals surface area contributed by atoms with E-state index in [-0.39, 0.29) is 6.54 Å². The maximum Gasteiger partial charge on any atom is 0.336 e. The number of amides is 1. The van der Waals surface area contributed by atoms with E-state index in [9.17, 15) is 14.0 Å². The number of halogens is 1. The molecule has 6 nitrogen and oxygen atoms in total. The van der Waals surface area contributed by atoms with Crippen LogP contribution in [0.3, 0.4) is 0 Å². The second-order valence-corrected chi connectivity index (χ2v) is 6.23. The lowest BCUT2D eigenvalue weighted by Crippen LogP contribution is -2.35. The highest BCUT2D eigenvalue weighted by Crippen LogP contribution is 2.26. The molecule has 3 rings (SSSR count). The van der Waals surface area contributed by atoms with Crippen molar-refractivity contribution < 1.29 is 18.3 Å². The molecular weight excluding hydrogens is 351 g/mol. The van der Waals surface area contributed by atoms with Crippen LogP contribution in [-0.4, -0.2) is 25.0 Å². The summed E-state index contributed by atoms with van der Waals surface area (Å²) in [6, 6.07) is 11.4. The number of primary amides is 1. The predicted molar refractivity (Wildman–Crippen MR) is 98.8 cm³/mol. The molecule has 0 aliphatic rings. The van der Waals surface area contributed by atoms with Crippen molar-refractivity contribution in [3.63, 3.8) is 0 Å². The number of carbonyl (C=O) groups is 1. The number of benzene rings is 2. The Labute approximate surface area is 155 Å². The molecule has 1 unspecified atom stereocenters. The van der Waals surface area contributed by atoms with Crippen molar-refractivity contribution >= 4 is 16.9 Å². The summed E-state index contributed by atoms with van der Waals surface area (Å²) in [5.41, 5.74) is 6.53. The van der Waals surface area contributed by atoms with Gasteiger partial charge in [-0.2, -0.15) is 0 Å². The van der Waals surface area contributed by atoms with Crippen LogP contribution >= 0.6 is 0 Å². The molecule has 1 heterocycles. The number of nitrogens with zero attached hydrogens (tertiary/aromatic N) is 1. The van der Waals surface area contributed by atoms with Gasteiger partial charge in [0.05, 0.1) is 7.11 Å². The normalized spacial score (nSPS) is 12.3. The van der Waals surface area contributed by atoms with Crippen LogP contribution in [0.1, 0.15) is 17.2 Å². The van der Waals surface area contributed by atoms with E-state index in [4.69, 9.17) is 14.9 Å². The average molecular weight is 370 g/mol. The zero-order chi connectivity index (χ0) is 19.6. The Morgan fingerprint density at radius 1 is 1.26 bits per heavy atom. The highest BCUT2D eigenvalue weighted by molar-refractivity contribution is 5.83. The van der Waals surface area contributed by atoms with Gasteiger partial charge in [-0.25, -0.2) is 9.18 Å². The summed E-state index contributed by atoms with van der Waals surface area (Å²) in [5.74, 6) is -0.506. The summed E-state index contributed by atoms with van der Waals surface area (Å²) in [7, 11) is 3.21. The number of fused-ring (bicyclic) bond motifs is 1. The van der Waals surface area contributed by atoms with E-state index in [1.807, 2.05) is 0 Å². The standard InChI is InChI=1S/C20H19FN2O4/c1-23(19(20(22)25)12-4-3-5-14(21)8-12)11-13-9-18(24)27-17-10-15(26-2)6-7-16(13)17/h3-10,19H,11H2,1-2H3,(H2,22,25). The van der Waals surface area contributed by atoms with Gasteiger partial charge >= 0.3 is 5.63 Å². The van der Waals surface area contributed by atoms with Gasteiger partial charge in [0.25, 0.3) is 0 Å². The number of nitrogens with two attached hydrogens (primary N) is 1. The molecule has 2 N–H and O–H groups in total. The minimum absolute atomic E-state index is 0.235. The van der Waals surface area contributed by atoms with Gasteiger partial charge in [0.1, 0.15) is 23.2 Å². The van der Waals surface area contributed by atoms with Gasteiger partial charge in [0.15, 0.2) is 0 Å². The molecule has 1 amide bonds. The molecule has 0 aliphatic carbocycles. The number of carbonyl (C=O) groups excluding carboxylic acids is 1. The molecule has 0 fully saturated rings. The zero-order valence-electron chi connectivity index (χ0n) is 14.9. The van der Waals surface area contributed by atoms with Crippen molar-refractivity contribution in [2.45, 2.75) is 12.6 Å². The third-order valence-electron chi connectivity index (χ3n) is 4.33. The predicted octanol–water partition coefficient (Wildman–Crippen LogP) is 2.60. The summed E-state index contributed by atoms with van der Waals surface area (Å²) < 4.78 is 24.0. The molecule has 3 aromatic rings. The Bertz CT molecular complexity index is 1050. The van der Waals surface area contributed by atoms with Gasteiger partial charge in [-0.05, 0) is 42.4 Å². The molecule has 0 spiro atoms. The van der Waals surface area contributed by atoms with Crippen LogP contribution in [0.15, 0.2) is 57.7 Å². The van der Waals surface area contributed by atoms with Crippen molar-refractivity contribution in [1.82, 2.24) is 4.90 Å². The number of ether oxygens (including phenoxy) is 1. The van der Waals surface area contributed by atoms with Crippen molar-refractivity contribution in [2.75, 3.05) is 14.2 Å². The van der Waals surface area contributed by atoms with Crippen molar-refractivity contribution in [1.29, 1.82) is 0 Å². The Kier molecular flexibility index (Phi) is 5.23. The van der Waals surface area contributed by atoms with Gasteiger partial charge < -0.3 is 14.9 Å². The van der Waals surface area contributed by atoms with Crippen LogP contribution in [-0.2, 0) is 11.3 Å². The summed E-state index contributed by atoms with van der Waals surface area (Å²) >= 11 is 0. The zero-order valence-corrected chi connectivity index (χ0v) is 14.9. The van der Waals surface area contributed by atoms with Crippen LogP contribution in [0, 0.1) is 5.82 Å². The third-order valence-corrected chi connectivity index (χ3v) is 4.33. The summed E-state index contributed by atoms with van der Waals surface area (Å²) in [4.78, 5) is 25.6. The Morgan fingerprint density at radius 2 is 2.04 bits per heavy atom. The number of hydrogen-bond acceptors (Lipinski definition) is 5. The lowest BCUT2D eigenvalue weighted by molar-refractivity contribution is -0.123. The summed E-state index contributed by atoms with van der Waals surface area (Å²) in [6.45, 7) is 0.235. The van der Waals surface area contributed by atoms with E-state index in [1.54, 1.807) is 36.2 Å². The van der Waals surface area contributed by atoms with Crippen LogP contribution in [0.4, 0.5) is 4.39 Å². The SMILES string of the molecule is COc1ccc2c(CN(C)C(C(N)=O)c3cccc(F)c3)cc(=O)oc2c1. The quantitative estimate of drug-likeness (QED) is 0.674. The monoisotopic (exact) mass is 370 g/mol. The second kappa shape index (κ2) is 7.59. The van der Waals surface area contributed by atoms with Gasteiger partial charge in [0, 0.05) is 24.1 Å². The van der Waals surface area contributed by atoms with Gasteiger partial charge in [0.2, 0.25) is 5.91 Å². The maximum atomic E-state index is 13.6. The van der Waals surface area contributed by atoms with E-state index in [0.29, 0.717) is 27.8 Å². The van der Waals surface area contributed by atoms with Crippen molar-refractivity contribution in [3.8, 4) is 5.75 Å². The first-order valence-corrected chi connectivity index (χ1v) is 8.25. The fourth-order valence-electron chi connectivity index (χ4n) is 3.14. The molecule has 1 aromatic heterocycles. The summed E-state index contributed by atoms with van der Waals surface area (Å²) in [6.07, 6.45) is 0. The van der Waals surface area contributed by atoms with Crippen LogP contribution in [0.5, 0.6) is 5.75 Å². The Hall–Kier alpha value is -3.19. The van der Waals surface area contributed by atoms with E-state index >= 15 is 0 Å². The first-order chi connectivity index (χ1) is 12.9. The highest BCUT2D eigenvalue weighted by Gasteiger charge is 2.24. The molecule has 0 saturated carbocycles. The van der Waals surface area contributed by atoms with Crippen LogP contribution in [0.25, 0.3) is 11.0 Å². The number of rotatable bonds is 6. The van der Waals surface area contributed by atoms with Crippen LogP contribution in [0.2, 0.25) is 0 Å². The van der Waals surface area contributed by atoms with E-state index in [1.165, 1.54) is 31.4 Å². The minimum Gasteiger partial charge on any atom is -0.497 e. The molecule has 0 bridgehead atoms. The van der Waals surface area contributed by atoms with E-state index in [2.05, 4.69) is 0 Å². The van der Waals surface area contributed by atoms with E-state index in [0.717, 1.165) is 0 Å². The smallest absolute Gasteiger partial charge is 0.336 e. The highest BCUT2D eigenvalue weighted by atomic mass is 19.1. The number of likely N-dealkylation sites (N-methyl/N-ethyl adjacent to an activating group) is 1. The fraction of sp³-hybridized carbons (Fsp3) is 0.200. The lowest BCUT2D eigenvalue weighted by atomic mass is 10.0. The Morgan fingerprint density at radius 3 is 2.70 bits per heavy atom. The molecule has 27 heavy (non-hydrogen) atoms. The maximum absolute atomic E-state index is 13.6. The molecule has 2 aromatic carbocycles. The largest absolute Gasteiger partial charge is 0.497 e. The second-order valence-electron chi connectivity index (χ2n) is 6.23. The fourth-order valence-corrected chi connectivity index (χ4v) is 3.14. The molecule has 0 saturated heterocycles. The molecule has 1 atom stereocenters. The Balaban J connectivity index is 2.00. The van der Waals surface area contributed by atoms with Gasteiger partial charge in [-0.3, -0.25) is 9.69 Å². The topological polar surface area (TPSA) is 85.8 Å². The van der Waals surface area contributed by atoms with Crippen LogP contribution < -0.4 is 16.1 Å². The minimum atomic E-state index is -0.846. The third kappa shape index (κ3) is 3.98.